The quantitative estimate of drug-likeness (QED) is 0.193. The molecule has 3 heteroatoms. The van der Waals surface area contributed by atoms with Crippen LogP contribution in [0.25, 0.3) is 88.4 Å². The first kappa shape index (κ1) is 25.3. The Morgan fingerprint density at radius 3 is 2.26 bits per heavy atom. The van der Waals surface area contributed by atoms with Crippen LogP contribution < -0.4 is 0 Å². The maximum absolute atomic E-state index is 4.78. The normalized spacial score (nSPS) is 12.6. The molecule has 0 saturated carbocycles. The van der Waals surface area contributed by atoms with Crippen LogP contribution in [0.15, 0.2) is 146 Å². The van der Waals surface area contributed by atoms with Gasteiger partial charge in [-0.05, 0) is 87.5 Å². The van der Waals surface area contributed by atoms with Crippen LogP contribution in [0.5, 0.6) is 0 Å². The van der Waals surface area contributed by atoms with E-state index in [4.69, 9.17) is 9.97 Å². The average molecular weight is 586 g/mol. The van der Waals surface area contributed by atoms with E-state index < -0.39 is 0 Å². The van der Waals surface area contributed by atoms with Gasteiger partial charge in [0.2, 0.25) is 0 Å². The van der Waals surface area contributed by atoms with E-state index in [-0.39, 0.29) is 0 Å². The van der Waals surface area contributed by atoms with E-state index in [1.165, 1.54) is 60.5 Å². The number of rotatable bonds is 3. The van der Waals surface area contributed by atoms with E-state index in [1.54, 1.807) is 0 Å². The maximum atomic E-state index is 4.78. The molecule has 0 unspecified atom stereocenters. The Kier molecular flexibility index (Phi) is 5.34. The fourth-order valence-corrected chi connectivity index (χ4v) is 7.71. The zero-order valence-electron chi connectivity index (χ0n) is 25.0. The molecule has 46 heavy (non-hydrogen) atoms. The second-order valence-electron chi connectivity index (χ2n) is 12.2. The number of hydrogen-bond acceptors (Lipinski definition) is 2. The third-order valence-electron chi connectivity index (χ3n) is 9.65. The van der Waals surface area contributed by atoms with Gasteiger partial charge in [0.05, 0.1) is 27.8 Å². The van der Waals surface area contributed by atoms with Gasteiger partial charge in [0.25, 0.3) is 0 Å². The van der Waals surface area contributed by atoms with Crippen molar-refractivity contribution in [3.63, 3.8) is 0 Å². The third-order valence-corrected chi connectivity index (χ3v) is 9.65. The van der Waals surface area contributed by atoms with Crippen LogP contribution >= 0.6 is 0 Å². The third kappa shape index (κ3) is 3.60. The van der Waals surface area contributed by atoms with Crippen molar-refractivity contribution in [2.24, 2.45) is 0 Å². The minimum Gasteiger partial charge on any atom is -0.309 e. The molecule has 3 aromatic heterocycles. The highest BCUT2D eigenvalue weighted by Crippen LogP contribution is 2.44. The molecule has 0 aliphatic heterocycles. The molecule has 214 valence electrons. The molecule has 6 aromatic carbocycles. The zero-order chi connectivity index (χ0) is 30.2. The Labute approximate surface area is 265 Å². The molecule has 0 N–H and O–H groups in total. The van der Waals surface area contributed by atoms with Gasteiger partial charge < -0.3 is 4.57 Å². The van der Waals surface area contributed by atoms with E-state index in [0.29, 0.717) is 0 Å². The molecule has 0 saturated heterocycles. The van der Waals surface area contributed by atoms with Crippen molar-refractivity contribution < 1.29 is 0 Å². The molecule has 0 spiro atoms. The van der Waals surface area contributed by atoms with Crippen LogP contribution in [0.2, 0.25) is 0 Å². The van der Waals surface area contributed by atoms with Gasteiger partial charge in [0.1, 0.15) is 0 Å². The van der Waals surface area contributed by atoms with Gasteiger partial charge in [-0.2, -0.15) is 0 Å². The summed E-state index contributed by atoms with van der Waals surface area (Å²) >= 11 is 0. The largest absolute Gasteiger partial charge is 0.309 e. The van der Waals surface area contributed by atoms with Gasteiger partial charge in [0.15, 0.2) is 0 Å². The lowest BCUT2D eigenvalue weighted by molar-refractivity contribution is 1.18. The fraction of sp³-hybridized carbons (Fsp3) is 0.0233. The first-order valence-corrected chi connectivity index (χ1v) is 15.8. The van der Waals surface area contributed by atoms with Crippen LogP contribution in [-0.4, -0.2) is 14.5 Å². The zero-order valence-corrected chi connectivity index (χ0v) is 25.0. The topological polar surface area (TPSA) is 30.7 Å². The summed E-state index contributed by atoms with van der Waals surface area (Å²) in [6, 6.07) is 46.3. The highest BCUT2D eigenvalue weighted by molar-refractivity contribution is 6.18. The summed E-state index contributed by atoms with van der Waals surface area (Å²) in [5.74, 6) is 0. The van der Waals surface area contributed by atoms with Crippen molar-refractivity contribution >= 4 is 60.5 Å². The molecule has 0 radical (unpaired) electrons. The summed E-state index contributed by atoms with van der Waals surface area (Å²) in [4.78, 5) is 9.47. The number of benzene rings is 6. The molecule has 3 nitrogen and oxygen atoms in total. The number of fused-ring (bicyclic) bond motifs is 7. The lowest BCUT2D eigenvalue weighted by Crippen LogP contribution is -1.99. The molecular weight excluding hydrogens is 558 g/mol. The first-order chi connectivity index (χ1) is 22.8. The number of hydrogen-bond donors (Lipinski definition) is 0. The summed E-state index contributed by atoms with van der Waals surface area (Å²) < 4.78 is 2.49. The van der Waals surface area contributed by atoms with Crippen molar-refractivity contribution in [2.45, 2.75) is 6.42 Å². The minimum atomic E-state index is 0.928. The highest BCUT2D eigenvalue weighted by atomic mass is 15.0. The lowest BCUT2D eigenvalue weighted by atomic mass is 9.89. The molecule has 0 amide bonds. The van der Waals surface area contributed by atoms with Gasteiger partial charge in [-0.1, -0.05) is 97.1 Å². The number of pyridine rings is 2. The van der Waals surface area contributed by atoms with Gasteiger partial charge in [-0.25, -0.2) is 0 Å². The van der Waals surface area contributed by atoms with E-state index in [1.807, 2.05) is 24.5 Å². The average Bonchev–Trinajstić information content (AvgIpc) is 3.46. The van der Waals surface area contributed by atoms with Crippen LogP contribution in [0, 0.1) is 0 Å². The van der Waals surface area contributed by atoms with E-state index in [2.05, 4.69) is 132 Å². The summed E-state index contributed by atoms with van der Waals surface area (Å²) in [5, 5.41) is 7.50. The molecule has 0 bridgehead atoms. The SMILES string of the molecule is C1=Cc2cccc3cc4c(c(c23)C1)c1ccccc1n4-c1ccc(-c2cc3cccnc3c3ncccc23)cc1-c1ccccc1. The number of allylic oxidation sites excluding steroid dienone is 1. The second-order valence-corrected chi connectivity index (χ2v) is 12.2. The molecule has 0 fully saturated rings. The Morgan fingerprint density at radius 1 is 0.522 bits per heavy atom. The van der Waals surface area contributed by atoms with E-state index >= 15 is 0 Å². The Hall–Kier alpha value is -6.06. The predicted octanol–water partition coefficient (Wildman–Crippen LogP) is 10.9. The van der Waals surface area contributed by atoms with Gasteiger partial charge >= 0.3 is 0 Å². The monoisotopic (exact) mass is 585 g/mol. The summed E-state index contributed by atoms with van der Waals surface area (Å²) in [6.45, 7) is 0. The smallest absolute Gasteiger partial charge is 0.0970 e. The van der Waals surface area contributed by atoms with Crippen LogP contribution in [0.4, 0.5) is 0 Å². The maximum Gasteiger partial charge on any atom is 0.0970 e. The molecule has 1 aliphatic carbocycles. The summed E-state index contributed by atoms with van der Waals surface area (Å²) in [5.41, 5.74) is 12.9. The van der Waals surface area contributed by atoms with Gasteiger partial charge in [-0.3, -0.25) is 9.97 Å². The highest BCUT2D eigenvalue weighted by Gasteiger charge is 2.22. The molecular formula is C43H27N3. The molecule has 1 aliphatic rings. The summed E-state index contributed by atoms with van der Waals surface area (Å²) in [6.07, 6.45) is 9.22. The van der Waals surface area contributed by atoms with Crippen LogP contribution in [-0.2, 0) is 6.42 Å². The van der Waals surface area contributed by atoms with Crippen molar-refractivity contribution in [3.05, 3.63) is 157 Å². The van der Waals surface area contributed by atoms with Crippen molar-refractivity contribution in [3.8, 4) is 27.9 Å². The van der Waals surface area contributed by atoms with Crippen molar-refractivity contribution in [1.29, 1.82) is 0 Å². The van der Waals surface area contributed by atoms with Crippen LogP contribution in [0.3, 0.4) is 0 Å². The fourth-order valence-electron chi connectivity index (χ4n) is 7.71. The number of para-hydroxylation sites is 1. The molecule has 0 atom stereocenters. The molecule has 10 rings (SSSR count). The second kappa shape index (κ2) is 9.72. The minimum absolute atomic E-state index is 0.928. The lowest BCUT2D eigenvalue weighted by Gasteiger charge is -2.18. The first-order valence-electron chi connectivity index (χ1n) is 15.8. The number of aromatic nitrogens is 3. The van der Waals surface area contributed by atoms with Crippen molar-refractivity contribution in [1.82, 2.24) is 14.5 Å². The standard InChI is InChI=1S/C43H27N3/c1-2-10-27(11-3-1)36-24-29(35-25-31-15-8-22-44-42(31)43-32(35)18-9-23-45-43)20-21-38(36)46-37-19-5-4-16-33(37)41-34-17-7-13-28-12-6-14-30(40(28)34)26-39(41)46/h1-16,18-26H,17H2. The van der Waals surface area contributed by atoms with Gasteiger partial charge in [0, 0.05) is 39.5 Å². The number of nitrogens with zero attached hydrogens (tertiary/aromatic N) is 3. The van der Waals surface area contributed by atoms with E-state index in [0.717, 1.165) is 39.4 Å². The Bertz CT molecular complexity index is 2720. The van der Waals surface area contributed by atoms with Crippen molar-refractivity contribution in [2.75, 3.05) is 0 Å². The van der Waals surface area contributed by atoms with E-state index in [9.17, 15) is 0 Å². The van der Waals surface area contributed by atoms with Gasteiger partial charge in [-0.15, -0.1) is 0 Å². The molecule has 9 aromatic rings. The molecule has 3 heterocycles. The Balaban J connectivity index is 1.31. The predicted molar refractivity (Wildman–Crippen MR) is 192 cm³/mol. The summed E-state index contributed by atoms with van der Waals surface area (Å²) in [7, 11) is 0. The Morgan fingerprint density at radius 2 is 1.33 bits per heavy atom. The van der Waals surface area contributed by atoms with Crippen LogP contribution in [0.1, 0.15) is 11.1 Å².